The van der Waals surface area contributed by atoms with Crippen molar-refractivity contribution in [3.63, 3.8) is 0 Å². The van der Waals surface area contributed by atoms with Crippen LogP contribution in [-0.4, -0.2) is 29.0 Å². The molecule has 2 aliphatic heterocycles. The molecule has 1 aromatic carbocycles. The second-order valence-electron chi connectivity index (χ2n) is 6.15. The summed E-state index contributed by atoms with van der Waals surface area (Å²) in [6.07, 6.45) is 7.43. The van der Waals surface area contributed by atoms with E-state index in [1.165, 1.54) is 41.1 Å². The third-order valence-electron chi connectivity index (χ3n) is 5.03. The standard InChI is InChI=1S/C17H20N2S/c1-19-14-7-8-15(19)10-13(9-14)17-18-11-16(20-17)12-5-3-2-4-6-12/h2-6,11,13-15H,7-10H2,1H3. The molecule has 2 saturated heterocycles. The van der Waals surface area contributed by atoms with Gasteiger partial charge >= 0.3 is 0 Å². The monoisotopic (exact) mass is 284 g/mol. The smallest absolute Gasteiger partial charge is 0.0963 e. The van der Waals surface area contributed by atoms with Gasteiger partial charge in [-0.25, -0.2) is 4.98 Å². The number of piperidine rings is 1. The molecule has 0 saturated carbocycles. The molecular weight excluding hydrogens is 264 g/mol. The molecule has 0 N–H and O–H groups in total. The zero-order chi connectivity index (χ0) is 13.5. The zero-order valence-electron chi connectivity index (χ0n) is 11.8. The summed E-state index contributed by atoms with van der Waals surface area (Å²) in [7, 11) is 2.30. The van der Waals surface area contributed by atoms with Crippen molar-refractivity contribution in [2.45, 2.75) is 43.7 Å². The highest BCUT2D eigenvalue weighted by molar-refractivity contribution is 7.15. The Labute approximate surface area is 124 Å². The predicted octanol–water partition coefficient (Wildman–Crippen LogP) is 4.15. The van der Waals surface area contributed by atoms with Gasteiger partial charge in [0.05, 0.1) is 9.88 Å². The Morgan fingerprint density at radius 3 is 2.50 bits per heavy atom. The van der Waals surface area contributed by atoms with E-state index in [4.69, 9.17) is 4.98 Å². The number of nitrogens with zero attached hydrogens (tertiary/aromatic N) is 2. The molecule has 2 atom stereocenters. The Morgan fingerprint density at radius 1 is 1.10 bits per heavy atom. The molecule has 2 fully saturated rings. The van der Waals surface area contributed by atoms with Crippen LogP contribution in [0, 0.1) is 0 Å². The predicted molar refractivity (Wildman–Crippen MR) is 84.1 cm³/mol. The maximum absolute atomic E-state index is 4.74. The second-order valence-corrected chi connectivity index (χ2v) is 7.21. The SMILES string of the molecule is CN1C2CCC1CC(c1ncc(-c3ccccc3)s1)C2. The van der Waals surface area contributed by atoms with Crippen LogP contribution in [0.2, 0.25) is 0 Å². The largest absolute Gasteiger partial charge is 0.300 e. The van der Waals surface area contributed by atoms with Crippen LogP contribution in [0.4, 0.5) is 0 Å². The van der Waals surface area contributed by atoms with Gasteiger partial charge in [-0.05, 0) is 38.3 Å². The molecule has 2 bridgehead atoms. The Morgan fingerprint density at radius 2 is 1.80 bits per heavy atom. The quantitative estimate of drug-likeness (QED) is 0.823. The van der Waals surface area contributed by atoms with E-state index in [0.717, 1.165) is 12.1 Å². The lowest BCUT2D eigenvalue weighted by molar-refractivity contribution is 0.161. The summed E-state index contributed by atoms with van der Waals surface area (Å²) in [5, 5.41) is 1.36. The molecule has 3 heteroatoms. The van der Waals surface area contributed by atoms with E-state index in [1.807, 2.05) is 11.3 Å². The van der Waals surface area contributed by atoms with E-state index in [9.17, 15) is 0 Å². The average Bonchev–Trinajstić information content (AvgIpc) is 3.03. The maximum Gasteiger partial charge on any atom is 0.0963 e. The molecule has 2 aromatic rings. The van der Waals surface area contributed by atoms with Crippen LogP contribution in [0.15, 0.2) is 36.5 Å². The first-order valence-electron chi connectivity index (χ1n) is 7.54. The van der Waals surface area contributed by atoms with Crippen LogP contribution in [0.5, 0.6) is 0 Å². The molecule has 3 heterocycles. The van der Waals surface area contributed by atoms with E-state index >= 15 is 0 Å². The van der Waals surface area contributed by atoms with Gasteiger partial charge in [0.25, 0.3) is 0 Å². The lowest BCUT2D eigenvalue weighted by atomic mass is 9.92. The van der Waals surface area contributed by atoms with E-state index in [-0.39, 0.29) is 0 Å². The molecule has 0 aliphatic carbocycles. The highest BCUT2D eigenvalue weighted by Gasteiger charge is 2.39. The average molecular weight is 284 g/mol. The Balaban J connectivity index is 1.57. The van der Waals surface area contributed by atoms with Crippen molar-refractivity contribution in [3.8, 4) is 10.4 Å². The molecule has 2 aliphatic rings. The molecule has 0 radical (unpaired) electrons. The van der Waals surface area contributed by atoms with Gasteiger partial charge in [-0.1, -0.05) is 30.3 Å². The fourth-order valence-corrected chi connectivity index (χ4v) is 4.87. The van der Waals surface area contributed by atoms with Crippen LogP contribution in [0.25, 0.3) is 10.4 Å². The Kier molecular flexibility index (Phi) is 3.12. The first kappa shape index (κ1) is 12.5. The third kappa shape index (κ3) is 2.09. The molecule has 1 aromatic heterocycles. The molecule has 2 nitrogen and oxygen atoms in total. The first-order valence-corrected chi connectivity index (χ1v) is 8.36. The van der Waals surface area contributed by atoms with Gasteiger partial charge in [0.15, 0.2) is 0 Å². The van der Waals surface area contributed by atoms with E-state index in [0.29, 0.717) is 5.92 Å². The van der Waals surface area contributed by atoms with Crippen LogP contribution in [0.3, 0.4) is 0 Å². The van der Waals surface area contributed by atoms with Crippen molar-refractivity contribution in [2.75, 3.05) is 7.05 Å². The van der Waals surface area contributed by atoms with Crippen molar-refractivity contribution in [1.29, 1.82) is 0 Å². The third-order valence-corrected chi connectivity index (χ3v) is 6.24. The van der Waals surface area contributed by atoms with Crippen LogP contribution in [0.1, 0.15) is 36.6 Å². The fraction of sp³-hybridized carbons (Fsp3) is 0.471. The number of rotatable bonds is 2. The molecular formula is C17H20N2S. The molecule has 2 unspecified atom stereocenters. The van der Waals surface area contributed by atoms with Crippen LogP contribution in [-0.2, 0) is 0 Å². The Hall–Kier alpha value is -1.19. The van der Waals surface area contributed by atoms with Gasteiger partial charge in [-0.3, -0.25) is 0 Å². The number of fused-ring (bicyclic) bond motifs is 2. The first-order chi connectivity index (χ1) is 9.81. The molecule has 104 valence electrons. The van der Waals surface area contributed by atoms with Crippen LogP contribution >= 0.6 is 11.3 Å². The minimum absolute atomic E-state index is 0.686. The summed E-state index contributed by atoms with van der Waals surface area (Å²) < 4.78 is 0. The molecule has 0 amide bonds. The van der Waals surface area contributed by atoms with Gasteiger partial charge in [0.1, 0.15) is 0 Å². The van der Waals surface area contributed by atoms with E-state index in [2.05, 4.69) is 48.5 Å². The van der Waals surface area contributed by atoms with E-state index < -0.39 is 0 Å². The summed E-state index contributed by atoms with van der Waals surface area (Å²) in [5.74, 6) is 0.686. The summed E-state index contributed by atoms with van der Waals surface area (Å²) in [6.45, 7) is 0. The summed E-state index contributed by atoms with van der Waals surface area (Å²) in [6, 6.07) is 12.2. The van der Waals surface area contributed by atoms with Crippen molar-refractivity contribution in [1.82, 2.24) is 9.88 Å². The summed E-state index contributed by atoms with van der Waals surface area (Å²) >= 11 is 1.90. The summed E-state index contributed by atoms with van der Waals surface area (Å²) in [4.78, 5) is 8.65. The molecule has 0 spiro atoms. The second kappa shape index (κ2) is 4.97. The van der Waals surface area contributed by atoms with Crippen molar-refractivity contribution >= 4 is 11.3 Å². The minimum atomic E-state index is 0.686. The normalized spacial score (nSPS) is 29.8. The van der Waals surface area contributed by atoms with Crippen molar-refractivity contribution in [3.05, 3.63) is 41.5 Å². The molecule has 20 heavy (non-hydrogen) atoms. The van der Waals surface area contributed by atoms with E-state index in [1.54, 1.807) is 0 Å². The number of hydrogen-bond donors (Lipinski definition) is 0. The highest BCUT2D eigenvalue weighted by Crippen LogP contribution is 2.43. The lowest BCUT2D eigenvalue weighted by Crippen LogP contribution is -2.39. The molecule has 4 rings (SSSR count). The number of hydrogen-bond acceptors (Lipinski definition) is 3. The van der Waals surface area contributed by atoms with Gasteiger partial charge in [-0.15, -0.1) is 11.3 Å². The number of aromatic nitrogens is 1. The zero-order valence-corrected chi connectivity index (χ0v) is 12.6. The topological polar surface area (TPSA) is 16.1 Å². The highest BCUT2D eigenvalue weighted by atomic mass is 32.1. The summed E-state index contributed by atoms with van der Waals surface area (Å²) in [5.41, 5.74) is 1.30. The van der Waals surface area contributed by atoms with Gasteiger partial charge < -0.3 is 4.90 Å². The number of thiazole rings is 1. The van der Waals surface area contributed by atoms with Crippen LogP contribution < -0.4 is 0 Å². The van der Waals surface area contributed by atoms with Gasteiger partial charge in [-0.2, -0.15) is 0 Å². The van der Waals surface area contributed by atoms with Gasteiger partial charge in [0, 0.05) is 24.2 Å². The lowest BCUT2D eigenvalue weighted by Gasteiger charge is -2.35. The fourth-order valence-electron chi connectivity index (χ4n) is 3.83. The maximum atomic E-state index is 4.74. The van der Waals surface area contributed by atoms with Crippen molar-refractivity contribution < 1.29 is 0 Å². The van der Waals surface area contributed by atoms with Crippen molar-refractivity contribution in [2.24, 2.45) is 0 Å². The Bertz CT molecular complexity index is 578. The minimum Gasteiger partial charge on any atom is -0.300 e. The van der Waals surface area contributed by atoms with Gasteiger partial charge in [0.2, 0.25) is 0 Å². The number of benzene rings is 1.